The van der Waals surface area contributed by atoms with E-state index < -0.39 is 0 Å². The van der Waals surface area contributed by atoms with E-state index in [1.165, 1.54) is 0 Å². The number of carbonyl (C=O) groups is 2. The van der Waals surface area contributed by atoms with Crippen LogP contribution in [0.3, 0.4) is 0 Å². The molecule has 0 N–H and O–H groups in total. The van der Waals surface area contributed by atoms with Gasteiger partial charge in [0.05, 0.1) is 12.0 Å². The summed E-state index contributed by atoms with van der Waals surface area (Å²) in [5, 5.41) is 0. The molecule has 0 aliphatic carbocycles. The highest BCUT2D eigenvalue weighted by Crippen LogP contribution is 2.47. The van der Waals surface area contributed by atoms with Gasteiger partial charge in [-0.25, -0.2) is 0 Å². The maximum absolute atomic E-state index is 13.1. The van der Waals surface area contributed by atoms with Crippen molar-refractivity contribution in [3.63, 3.8) is 0 Å². The Kier molecular flexibility index (Phi) is 4.50. The second-order valence-corrected chi connectivity index (χ2v) is 8.78. The third kappa shape index (κ3) is 2.92. The lowest BCUT2D eigenvalue weighted by molar-refractivity contribution is -0.143. The van der Waals surface area contributed by atoms with E-state index in [4.69, 9.17) is 4.74 Å². The first-order valence-electron chi connectivity index (χ1n) is 9.16. The number of piperazine rings is 1. The minimum absolute atomic E-state index is 0.113. The number of thioether (sulfide) groups is 1. The van der Waals surface area contributed by atoms with Gasteiger partial charge in [0.15, 0.2) is 0 Å². The van der Waals surface area contributed by atoms with Crippen LogP contribution in [0.5, 0.6) is 5.75 Å². The molecule has 4 rings (SSSR count). The Morgan fingerprint density at radius 1 is 1.27 bits per heavy atom. The highest BCUT2D eigenvalue weighted by Gasteiger charge is 2.53. The normalized spacial score (nSPS) is 28.5. The summed E-state index contributed by atoms with van der Waals surface area (Å²) >= 11 is 1.75. The van der Waals surface area contributed by atoms with Crippen molar-refractivity contribution >= 4 is 29.3 Å². The molecule has 0 radical (unpaired) electrons. The number of fused-ring (bicyclic) bond motifs is 1. The molecule has 3 fully saturated rings. The first-order valence-corrected chi connectivity index (χ1v) is 10.1. The van der Waals surface area contributed by atoms with E-state index >= 15 is 0 Å². The van der Waals surface area contributed by atoms with Gasteiger partial charge >= 0.3 is 0 Å². The van der Waals surface area contributed by atoms with Crippen molar-refractivity contribution in [1.82, 2.24) is 9.80 Å². The number of methoxy groups -OCH3 is 1. The zero-order valence-electron chi connectivity index (χ0n) is 15.3. The molecule has 1 aromatic carbocycles. The Bertz CT molecular complexity index is 720. The van der Waals surface area contributed by atoms with E-state index in [1.54, 1.807) is 18.9 Å². The van der Waals surface area contributed by atoms with E-state index in [1.807, 2.05) is 28.0 Å². The zero-order valence-corrected chi connectivity index (χ0v) is 16.1. The van der Waals surface area contributed by atoms with E-state index in [0.29, 0.717) is 19.5 Å². The monoisotopic (exact) mass is 375 g/mol. The summed E-state index contributed by atoms with van der Waals surface area (Å²) in [6.45, 7) is 5.07. The summed E-state index contributed by atoms with van der Waals surface area (Å²) < 4.78 is 5.30. The minimum atomic E-state index is -0.289. The Balaban J connectivity index is 1.40. The van der Waals surface area contributed by atoms with E-state index in [9.17, 15) is 9.59 Å². The molecular formula is C19H25N3O3S. The molecule has 0 spiro atoms. The number of rotatable bonds is 3. The maximum Gasteiger partial charge on any atom is 0.246 e. The van der Waals surface area contributed by atoms with Crippen molar-refractivity contribution in [2.75, 3.05) is 43.9 Å². The second kappa shape index (κ2) is 6.68. The van der Waals surface area contributed by atoms with Gasteiger partial charge in [0, 0.05) is 50.1 Å². The molecule has 0 unspecified atom stereocenters. The summed E-state index contributed by atoms with van der Waals surface area (Å²) in [7, 11) is 1.67. The molecule has 2 amide bonds. The number of nitrogens with zero attached hydrogens (tertiary/aromatic N) is 3. The van der Waals surface area contributed by atoms with E-state index in [-0.39, 0.29) is 22.7 Å². The Morgan fingerprint density at radius 2 is 2.04 bits per heavy atom. The smallest absolute Gasteiger partial charge is 0.246 e. The lowest BCUT2D eigenvalue weighted by Gasteiger charge is -2.39. The number of amides is 2. The van der Waals surface area contributed by atoms with Crippen LogP contribution in [0.2, 0.25) is 0 Å². The Hall–Kier alpha value is -1.89. The fraction of sp³-hybridized carbons (Fsp3) is 0.579. The molecule has 1 aromatic rings. The number of benzene rings is 1. The molecule has 2 atom stereocenters. The largest absolute Gasteiger partial charge is 0.497 e. The summed E-state index contributed by atoms with van der Waals surface area (Å²) in [6.07, 6.45) is 1.42. The van der Waals surface area contributed by atoms with Gasteiger partial charge in [-0.05, 0) is 25.5 Å². The van der Waals surface area contributed by atoms with Gasteiger partial charge in [0.25, 0.3) is 0 Å². The summed E-state index contributed by atoms with van der Waals surface area (Å²) in [6, 6.07) is 7.73. The van der Waals surface area contributed by atoms with Gasteiger partial charge in [-0.1, -0.05) is 6.07 Å². The van der Waals surface area contributed by atoms with Crippen molar-refractivity contribution in [3.05, 3.63) is 24.3 Å². The molecule has 3 saturated heterocycles. The van der Waals surface area contributed by atoms with Gasteiger partial charge < -0.3 is 19.4 Å². The second-order valence-electron chi connectivity index (χ2n) is 7.28. The topological polar surface area (TPSA) is 53.1 Å². The summed E-state index contributed by atoms with van der Waals surface area (Å²) in [5.41, 5.74) is 1.12. The molecule has 0 aromatic heterocycles. The van der Waals surface area contributed by atoms with Crippen molar-refractivity contribution in [1.29, 1.82) is 0 Å². The quantitative estimate of drug-likeness (QED) is 0.806. The first-order chi connectivity index (χ1) is 12.5. The van der Waals surface area contributed by atoms with Crippen LogP contribution in [-0.2, 0) is 9.59 Å². The van der Waals surface area contributed by atoms with Crippen LogP contribution in [0.15, 0.2) is 24.3 Å². The zero-order chi connectivity index (χ0) is 18.3. The maximum atomic E-state index is 13.1. The molecule has 7 heteroatoms. The number of hydrogen-bond donors (Lipinski definition) is 0. The van der Waals surface area contributed by atoms with E-state index in [2.05, 4.69) is 17.9 Å². The average molecular weight is 375 g/mol. The highest BCUT2D eigenvalue weighted by molar-refractivity contribution is 8.01. The number of carbonyl (C=O) groups excluding carboxylic acids is 2. The van der Waals surface area contributed by atoms with Crippen LogP contribution < -0.4 is 9.64 Å². The minimum Gasteiger partial charge on any atom is -0.497 e. The van der Waals surface area contributed by atoms with Crippen LogP contribution in [0.4, 0.5) is 5.69 Å². The Labute approximate surface area is 158 Å². The van der Waals surface area contributed by atoms with Gasteiger partial charge in [-0.2, -0.15) is 0 Å². The van der Waals surface area contributed by atoms with Crippen molar-refractivity contribution in [2.45, 2.75) is 30.7 Å². The van der Waals surface area contributed by atoms with Crippen LogP contribution in [0.25, 0.3) is 0 Å². The summed E-state index contributed by atoms with van der Waals surface area (Å²) in [4.78, 5) is 31.2. The standard InChI is InChI=1S/C19H25N3O3S/c1-19-7-6-17(23)22(19)16(13-26-19)18(24)21-10-8-20(9-11-21)14-4-3-5-15(12-14)25-2/h3-5,12,16H,6-11,13H2,1-2H3/t16-,19+/m1/s1. The van der Waals surface area contributed by atoms with Crippen molar-refractivity contribution < 1.29 is 14.3 Å². The van der Waals surface area contributed by atoms with Crippen LogP contribution in [-0.4, -0.2) is 71.6 Å². The SMILES string of the molecule is COc1cccc(N2CCN(C(=O)[C@H]3CS[C@@]4(C)CCC(=O)N34)CC2)c1. The fourth-order valence-corrected chi connectivity index (χ4v) is 5.63. The third-order valence-corrected chi connectivity index (χ3v) is 7.24. The van der Waals surface area contributed by atoms with E-state index in [0.717, 1.165) is 36.7 Å². The molecule has 26 heavy (non-hydrogen) atoms. The predicted octanol–water partition coefficient (Wildman–Crippen LogP) is 1.80. The van der Waals surface area contributed by atoms with Gasteiger partial charge in [0.2, 0.25) is 11.8 Å². The predicted molar refractivity (Wildman–Crippen MR) is 103 cm³/mol. The van der Waals surface area contributed by atoms with Crippen LogP contribution >= 0.6 is 11.8 Å². The summed E-state index contributed by atoms with van der Waals surface area (Å²) in [5.74, 6) is 1.81. The molecule has 3 aliphatic heterocycles. The number of ether oxygens (including phenoxy) is 1. The lowest BCUT2D eigenvalue weighted by Crippen LogP contribution is -2.56. The van der Waals surface area contributed by atoms with Crippen molar-refractivity contribution in [2.24, 2.45) is 0 Å². The number of anilines is 1. The first kappa shape index (κ1) is 17.5. The van der Waals surface area contributed by atoms with Gasteiger partial charge in [0.1, 0.15) is 11.8 Å². The third-order valence-electron chi connectivity index (χ3n) is 5.74. The molecule has 3 heterocycles. The average Bonchev–Trinajstić information content (AvgIpc) is 3.17. The van der Waals surface area contributed by atoms with Crippen LogP contribution in [0.1, 0.15) is 19.8 Å². The van der Waals surface area contributed by atoms with Crippen molar-refractivity contribution in [3.8, 4) is 5.75 Å². The fourth-order valence-electron chi connectivity index (χ4n) is 4.21. The molecule has 0 bridgehead atoms. The van der Waals surface area contributed by atoms with Gasteiger partial charge in [-0.3, -0.25) is 9.59 Å². The highest BCUT2D eigenvalue weighted by atomic mass is 32.2. The number of hydrogen-bond acceptors (Lipinski definition) is 5. The van der Waals surface area contributed by atoms with Crippen LogP contribution in [0, 0.1) is 0 Å². The molecule has 3 aliphatic rings. The van der Waals surface area contributed by atoms with Gasteiger partial charge in [-0.15, -0.1) is 11.8 Å². The lowest BCUT2D eigenvalue weighted by atomic mass is 10.1. The molecule has 6 nitrogen and oxygen atoms in total. The molecule has 140 valence electrons. The molecule has 0 saturated carbocycles. The molecular weight excluding hydrogens is 350 g/mol. The Morgan fingerprint density at radius 3 is 2.77 bits per heavy atom.